The maximum absolute atomic E-state index is 11.6. The van der Waals surface area contributed by atoms with Gasteiger partial charge in [-0.15, -0.1) is 14.8 Å². The van der Waals surface area contributed by atoms with Crippen LogP contribution in [0.25, 0.3) is 5.65 Å². The topological polar surface area (TPSA) is 88.3 Å². The fraction of sp³-hybridized carbons (Fsp3) is 0.545. The lowest BCUT2D eigenvalue weighted by Gasteiger charge is -2.31. The van der Waals surface area contributed by atoms with E-state index in [2.05, 4.69) is 30.8 Å². The second kappa shape index (κ2) is 4.79. The number of carbonyl (C=O) groups excluding carboxylic acids is 1. The number of aromatic nitrogens is 5. The summed E-state index contributed by atoms with van der Waals surface area (Å²) in [6, 6.07) is 3.75. The van der Waals surface area contributed by atoms with Gasteiger partial charge in [-0.3, -0.25) is 4.79 Å². The zero-order valence-corrected chi connectivity index (χ0v) is 10.7. The minimum Gasteiger partial charge on any atom is -0.359 e. The van der Waals surface area contributed by atoms with Crippen molar-refractivity contribution in [2.24, 2.45) is 5.92 Å². The van der Waals surface area contributed by atoms with Gasteiger partial charge in [-0.2, -0.15) is 0 Å². The molecule has 1 aliphatic rings. The summed E-state index contributed by atoms with van der Waals surface area (Å²) < 4.78 is 1.42. The quantitative estimate of drug-likeness (QED) is 0.782. The monoisotopic (exact) mass is 261 g/mol. The normalized spacial score (nSPS) is 16.8. The first-order chi connectivity index (χ1) is 9.28. The van der Waals surface area contributed by atoms with Crippen molar-refractivity contribution < 1.29 is 4.79 Å². The molecule has 1 amide bonds. The van der Waals surface area contributed by atoms with Crippen LogP contribution in [0.1, 0.15) is 12.8 Å². The van der Waals surface area contributed by atoms with Crippen LogP contribution < -0.4 is 10.2 Å². The lowest BCUT2D eigenvalue weighted by molar-refractivity contribution is -0.125. The van der Waals surface area contributed by atoms with Crippen LogP contribution in [0.3, 0.4) is 0 Å². The van der Waals surface area contributed by atoms with E-state index in [-0.39, 0.29) is 11.8 Å². The van der Waals surface area contributed by atoms with Crippen molar-refractivity contribution in [3.8, 4) is 0 Å². The van der Waals surface area contributed by atoms with E-state index >= 15 is 0 Å². The molecule has 0 atom stereocenters. The Labute approximate surface area is 109 Å². The van der Waals surface area contributed by atoms with Crippen molar-refractivity contribution >= 4 is 17.4 Å². The molecule has 8 nitrogen and oxygen atoms in total. The summed E-state index contributed by atoms with van der Waals surface area (Å²) in [6.45, 7) is 1.64. The number of hydrogen-bond donors (Lipinski definition) is 1. The summed E-state index contributed by atoms with van der Waals surface area (Å²) in [5, 5.41) is 18.2. The predicted molar refractivity (Wildman–Crippen MR) is 67.6 cm³/mol. The van der Waals surface area contributed by atoms with Crippen molar-refractivity contribution in [2.45, 2.75) is 12.8 Å². The summed E-state index contributed by atoms with van der Waals surface area (Å²) in [6.07, 6.45) is 1.68. The predicted octanol–water partition coefficient (Wildman–Crippen LogP) is -0.518. The molecule has 1 saturated heterocycles. The summed E-state index contributed by atoms with van der Waals surface area (Å²) in [5.74, 6) is 1.08. The van der Waals surface area contributed by atoms with Gasteiger partial charge in [0.05, 0.1) is 0 Å². The van der Waals surface area contributed by atoms with Crippen molar-refractivity contribution in [1.82, 2.24) is 30.6 Å². The molecular weight excluding hydrogens is 246 g/mol. The molecule has 1 aliphatic heterocycles. The molecule has 0 spiro atoms. The Hall–Kier alpha value is -2.25. The molecule has 2 aromatic rings. The van der Waals surface area contributed by atoms with Gasteiger partial charge >= 0.3 is 0 Å². The number of fused-ring (bicyclic) bond motifs is 1. The van der Waals surface area contributed by atoms with E-state index in [1.807, 2.05) is 12.1 Å². The van der Waals surface area contributed by atoms with Crippen LogP contribution in [-0.2, 0) is 4.79 Å². The Balaban J connectivity index is 1.72. The highest BCUT2D eigenvalue weighted by Gasteiger charge is 2.25. The molecule has 0 aromatic carbocycles. The largest absolute Gasteiger partial charge is 0.359 e. The van der Waals surface area contributed by atoms with Crippen molar-refractivity contribution in [1.29, 1.82) is 0 Å². The highest BCUT2D eigenvalue weighted by atomic mass is 16.1. The number of nitrogens with zero attached hydrogens (tertiary/aromatic N) is 6. The number of tetrazole rings is 1. The van der Waals surface area contributed by atoms with Crippen LogP contribution in [0.5, 0.6) is 0 Å². The first kappa shape index (κ1) is 11.8. The molecule has 0 saturated carbocycles. The maximum Gasteiger partial charge on any atom is 0.222 e. The SMILES string of the molecule is CNC(=O)C1CCN(c2ccc3nnnn3n2)CC1. The second-order valence-electron chi connectivity index (χ2n) is 4.59. The molecule has 19 heavy (non-hydrogen) atoms. The molecule has 1 N–H and O–H groups in total. The average molecular weight is 261 g/mol. The molecule has 0 bridgehead atoms. The minimum atomic E-state index is 0.109. The average Bonchev–Trinajstić information content (AvgIpc) is 2.94. The van der Waals surface area contributed by atoms with E-state index in [0.29, 0.717) is 5.65 Å². The Morgan fingerprint density at radius 2 is 2.16 bits per heavy atom. The van der Waals surface area contributed by atoms with Gasteiger partial charge in [-0.1, -0.05) is 0 Å². The van der Waals surface area contributed by atoms with Gasteiger partial charge in [0.1, 0.15) is 0 Å². The summed E-state index contributed by atoms with van der Waals surface area (Å²) in [5.41, 5.74) is 0.629. The van der Waals surface area contributed by atoms with Gasteiger partial charge in [-0.05, 0) is 35.4 Å². The van der Waals surface area contributed by atoms with Crippen LogP contribution in [0, 0.1) is 5.92 Å². The van der Waals surface area contributed by atoms with Crippen molar-refractivity contribution in [3.05, 3.63) is 12.1 Å². The summed E-state index contributed by atoms with van der Waals surface area (Å²) in [4.78, 5) is 13.7. The van der Waals surface area contributed by atoms with Crippen LogP contribution >= 0.6 is 0 Å². The van der Waals surface area contributed by atoms with Crippen molar-refractivity contribution in [3.63, 3.8) is 0 Å². The fourth-order valence-corrected chi connectivity index (χ4v) is 2.38. The van der Waals surface area contributed by atoms with E-state index in [9.17, 15) is 4.79 Å². The van der Waals surface area contributed by atoms with E-state index in [1.54, 1.807) is 7.05 Å². The number of carbonyl (C=O) groups is 1. The van der Waals surface area contributed by atoms with E-state index in [4.69, 9.17) is 0 Å². The van der Waals surface area contributed by atoms with E-state index in [1.165, 1.54) is 4.63 Å². The molecule has 100 valence electrons. The first-order valence-electron chi connectivity index (χ1n) is 6.30. The lowest BCUT2D eigenvalue weighted by atomic mass is 9.96. The Morgan fingerprint density at radius 3 is 2.89 bits per heavy atom. The Kier molecular flexibility index (Phi) is 2.98. The Bertz CT molecular complexity index is 587. The van der Waals surface area contributed by atoms with E-state index < -0.39 is 0 Å². The smallest absolute Gasteiger partial charge is 0.222 e. The third-order valence-corrected chi connectivity index (χ3v) is 3.49. The Morgan fingerprint density at radius 1 is 1.37 bits per heavy atom. The minimum absolute atomic E-state index is 0.109. The van der Waals surface area contributed by atoms with E-state index in [0.717, 1.165) is 31.7 Å². The molecule has 1 fully saturated rings. The highest BCUT2D eigenvalue weighted by molar-refractivity contribution is 5.78. The second-order valence-corrected chi connectivity index (χ2v) is 4.59. The van der Waals surface area contributed by atoms with Gasteiger partial charge in [0.25, 0.3) is 0 Å². The van der Waals surface area contributed by atoms with Crippen LogP contribution in [0.15, 0.2) is 12.1 Å². The zero-order chi connectivity index (χ0) is 13.2. The number of hydrogen-bond acceptors (Lipinski definition) is 6. The zero-order valence-electron chi connectivity index (χ0n) is 10.7. The lowest BCUT2D eigenvalue weighted by Crippen LogP contribution is -2.40. The van der Waals surface area contributed by atoms with Gasteiger partial charge in [-0.25, -0.2) is 0 Å². The molecule has 0 unspecified atom stereocenters. The first-order valence-corrected chi connectivity index (χ1v) is 6.30. The van der Waals surface area contributed by atoms with Crippen LogP contribution in [0.4, 0.5) is 5.82 Å². The van der Waals surface area contributed by atoms with Crippen molar-refractivity contribution in [2.75, 3.05) is 25.0 Å². The van der Waals surface area contributed by atoms with Gasteiger partial charge in [0, 0.05) is 26.1 Å². The third-order valence-electron chi connectivity index (χ3n) is 3.49. The fourth-order valence-electron chi connectivity index (χ4n) is 2.38. The molecule has 3 heterocycles. The van der Waals surface area contributed by atoms with Gasteiger partial charge < -0.3 is 10.2 Å². The van der Waals surface area contributed by atoms with Crippen LogP contribution in [0.2, 0.25) is 0 Å². The summed E-state index contributed by atoms with van der Waals surface area (Å²) in [7, 11) is 1.68. The maximum atomic E-state index is 11.6. The molecule has 0 radical (unpaired) electrons. The molecule has 8 heteroatoms. The number of anilines is 1. The highest BCUT2D eigenvalue weighted by Crippen LogP contribution is 2.21. The molecule has 0 aliphatic carbocycles. The number of nitrogens with one attached hydrogen (secondary N) is 1. The number of amides is 1. The molecular formula is C11H15N7O. The standard InChI is InChI=1S/C11H15N7O/c1-12-11(19)8-4-6-17(7-5-8)10-3-2-9-13-15-16-18(9)14-10/h2-3,8H,4-7H2,1H3,(H,12,19). The van der Waals surface area contributed by atoms with Gasteiger partial charge in [0.15, 0.2) is 11.5 Å². The number of rotatable bonds is 2. The summed E-state index contributed by atoms with van der Waals surface area (Å²) >= 11 is 0. The van der Waals surface area contributed by atoms with Gasteiger partial charge in [0.2, 0.25) is 5.91 Å². The number of piperidine rings is 1. The molecule has 3 rings (SSSR count). The molecule has 2 aromatic heterocycles. The van der Waals surface area contributed by atoms with Crippen LogP contribution in [-0.4, -0.2) is 51.3 Å². The third kappa shape index (κ3) is 2.20.